The summed E-state index contributed by atoms with van der Waals surface area (Å²) in [4.78, 5) is 24.8. The van der Waals surface area contributed by atoms with Crippen molar-refractivity contribution >= 4 is 17.6 Å². The minimum Gasteiger partial charge on any atom is -0.462 e. The maximum atomic E-state index is 13.9. The average molecular weight is 520 g/mol. The predicted octanol–water partition coefficient (Wildman–Crippen LogP) is 6.32. The molecule has 5 aliphatic rings. The van der Waals surface area contributed by atoms with Crippen LogP contribution in [0.1, 0.15) is 52.0 Å². The number of allylic oxidation sites excluding steroid dienone is 6. The summed E-state index contributed by atoms with van der Waals surface area (Å²) < 4.78 is 24.7. The fraction of sp³-hybridized carbons (Fsp3) is 0.562. The number of amides is 1. The molecule has 38 heavy (non-hydrogen) atoms. The van der Waals surface area contributed by atoms with Gasteiger partial charge in [-0.2, -0.15) is 0 Å². The molecular weight excluding hydrogens is 481 g/mol. The Morgan fingerprint density at radius 1 is 1.18 bits per heavy atom. The Morgan fingerprint density at radius 3 is 2.82 bits per heavy atom. The monoisotopic (exact) mass is 519 g/mol. The summed E-state index contributed by atoms with van der Waals surface area (Å²) in [5.74, 6) is 2.38. The number of hydrogen-bond acceptors (Lipinski definition) is 4. The number of alkyl carbamates (subject to hydrolysis) is 1. The lowest BCUT2D eigenvalue weighted by Crippen LogP contribution is -2.48. The minimum absolute atomic E-state index is 0.0599. The first-order valence-electron chi connectivity index (χ1n) is 14.3. The number of esters is 1. The Hall–Kier alpha value is -2.89. The molecule has 0 spiro atoms. The first kappa shape index (κ1) is 25.4. The molecule has 0 bridgehead atoms. The van der Waals surface area contributed by atoms with Gasteiger partial charge < -0.3 is 14.8 Å². The van der Waals surface area contributed by atoms with Crippen LogP contribution in [0.25, 0.3) is 5.57 Å². The average Bonchev–Trinajstić information content (AvgIpc) is 3.48. The van der Waals surface area contributed by atoms with E-state index < -0.39 is 0 Å². The second-order valence-electron chi connectivity index (χ2n) is 12.0. The zero-order valence-corrected chi connectivity index (χ0v) is 22.4. The van der Waals surface area contributed by atoms with Crippen LogP contribution >= 0.6 is 0 Å². The van der Waals surface area contributed by atoms with Crippen molar-refractivity contribution < 1.29 is 23.5 Å². The molecule has 5 nitrogen and oxygen atoms in total. The highest BCUT2D eigenvalue weighted by Gasteiger charge is 2.55. The van der Waals surface area contributed by atoms with Gasteiger partial charge in [0.05, 0.1) is 12.5 Å². The number of benzene rings is 1. The molecule has 1 aromatic rings. The second kappa shape index (κ2) is 10.0. The lowest BCUT2D eigenvalue weighted by atomic mass is 9.57. The van der Waals surface area contributed by atoms with Gasteiger partial charge in [0.2, 0.25) is 0 Å². The number of hydrogen-bond donors (Lipinski definition) is 1. The van der Waals surface area contributed by atoms with Crippen LogP contribution in [0.3, 0.4) is 0 Å². The van der Waals surface area contributed by atoms with Crippen molar-refractivity contribution in [3.05, 3.63) is 65.5 Å². The molecule has 1 amide bonds. The van der Waals surface area contributed by atoms with Gasteiger partial charge in [0.25, 0.3) is 0 Å². The molecule has 3 saturated carbocycles. The van der Waals surface area contributed by atoms with E-state index in [2.05, 4.69) is 36.5 Å². The molecule has 202 valence electrons. The molecule has 1 aliphatic heterocycles. The van der Waals surface area contributed by atoms with E-state index in [1.807, 2.05) is 19.9 Å². The first-order chi connectivity index (χ1) is 18.4. The van der Waals surface area contributed by atoms with E-state index in [9.17, 15) is 14.0 Å². The number of carbonyl (C=O) groups is 2. The highest BCUT2D eigenvalue weighted by atomic mass is 19.1. The number of carbonyl (C=O) groups excluding carboxylic acids is 2. The largest absolute Gasteiger partial charge is 0.462 e. The predicted molar refractivity (Wildman–Crippen MR) is 143 cm³/mol. The Labute approximate surface area is 224 Å². The lowest BCUT2D eigenvalue weighted by Gasteiger charge is -2.47. The maximum Gasteiger partial charge on any atom is 0.407 e. The minimum atomic E-state index is -0.349. The molecule has 6 heteroatoms. The molecule has 1 aromatic carbocycles. The fourth-order valence-corrected chi connectivity index (χ4v) is 8.29. The zero-order chi connectivity index (χ0) is 26.6. The van der Waals surface area contributed by atoms with E-state index >= 15 is 0 Å². The highest BCUT2D eigenvalue weighted by molar-refractivity contribution is 5.76. The molecule has 6 rings (SSSR count). The van der Waals surface area contributed by atoms with Crippen LogP contribution < -0.4 is 5.32 Å². The molecule has 4 aliphatic carbocycles. The normalized spacial score (nSPS) is 39.3. The van der Waals surface area contributed by atoms with E-state index in [1.54, 1.807) is 12.1 Å². The van der Waals surface area contributed by atoms with E-state index in [4.69, 9.17) is 9.47 Å². The Balaban J connectivity index is 1.24. The smallest absolute Gasteiger partial charge is 0.407 e. The molecule has 3 unspecified atom stereocenters. The fourth-order valence-electron chi connectivity index (χ4n) is 8.29. The summed E-state index contributed by atoms with van der Waals surface area (Å²) in [6, 6.07) is 7.00. The standard InChI is InChI=1S/C32H38FNO4/c1-4-37-32(36)34-23-10-13-24-21(15-23)16-27-30(18(3)38-31(27)35)26(24)12-9-19-8-11-25(29-17(2)28(19)29)20-6-5-7-22(33)14-20/h5-9,11-12,14,17-18,21,23-24,26-30H,4,10,13,15-16H2,1-3H3,(H,34,36)/b12-9+/t17?,18-,21+,23-,24+,26-,27+,28?,29?,30+/m1/s1. The molecule has 10 atom stereocenters. The van der Waals surface area contributed by atoms with Gasteiger partial charge >= 0.3 is 12.1 Å². The number of halogens is 1. The number of rotatable bonds is 5. The zero-order valence-electron chi connectivity index (χ0n) is 22.4. The van der Waals surface area contributed by atoms with Crippen molar-refractivity contribution in [1.29, 1.82) is 0 Å². The van der Waals surface area contributed by atoms with Crippen molar-refractivity contribution in [1.82, 2.24) is 5.32 Å². The van der Waals surface area contributed by atoms with Gasteiger partial charge in [-0.15, -0.1) is 0 Å². The van der Waals surface area contributed by atoms with Crippen molar-refractivity contribution in [2.75, 3.05) is 6.61 Å². The van der Waals surface area contributed by atoms with Crippen LogP contribution in [0.2, 0.25) is 0 Å². The van der Waals surface area contributed by atoms with E-state index in [0.717, 1.165) is 31.2 Å². The van der Waals surface area contributed by atoms with Gasteiger partial charge in [-0.25, -0.2) is 9.18 Å². The summed E-state index contributed by atoms with van der Waals surface area (Å²) in [5.41, 5.74) is 3.54. The van der Waals surface area contributed by atoms with Gasteiger partial charge in [-0.3, -0.25) is 4.79 Å². The van der Waals surface area contributed by atoms with E-state index in [1.165, 1.54) is 17.2 Å². The van der Waals surface area contributed by atoms with Gasteiger partial charge in [0.1, 0.15) is 11.9 Å². The quantitative estimate of drug-likeness (QED) is 0.463. The molecule has 1 saturated heterocycles. The third kappa shape index (κ3) is 4.50. The third-order valence-electron chi connectivity index (χ3n) is 9.99. The van der Waals surface area contributed by atoms with Gasteiger partial charge in [-0.1, -0.05) is 43.4 Å². The molecule has 1 heterocycles. The number of nitrogens with one attached hydrogen (secondary N) is 1. The van der Waals surface area contributed by atoms with E-state index in [-0.39, 0.29) is 47.8 Å². The lowest BCUT2D eigenvalue weighted by molar-refractivity contribution is -0.144. The van der Waals surface area contributed by atoms with Crippen molar-refractivity contribution in [2.45, 2.75) is 58.6 Å². The Kier molecular flexibility index (Phi) is 6.69. The molecule has 0 aromatic heterocycles. The maximum absolute atomic E-state index is 13.9. The topological polar surface area (TPSA) is 64.6 Å². The molecule has 1 N–H and O–H groups in total. The van der Waals surface area contributed by atoms with Crippen LogP contribution in [0.5, 0.6) is 0 Å². The summed E-state index contributed by atoms with van der Waals surface area (Å²) in [7, 11) is 0. The van der Waals surface area contributed by atoms with Crippen molar-refractivity contribution in [3.8, 4) is 0 Å². The number of cyclic esters (lactones) is 1. The van der Waals surface area contributed by atoms with Gasteiger partial charge in [-0.05, 0) is 104 Å². The third-order valence-corrected chi connectivity index (χ3v) is 9.99. The number of fused-ring (bicyclic) bond motifs is 3. The van der Waals surface area contributed by atoms with Crippen molar-refractivity contribution in [3.63, 3.8) is 0 Å². The van der Waals surface area contributed by atoms with Crippen LogP contribution in [0.15, 0.2) is 54.1 Å². The molecule has 0 radical (unpaired) electrons. The summed E-state index contributed by atoms with van der Waals surface area (Å²) >= 11 is 0. The SMILES string of the molecule is CCOC(=O)N[C@@H]1CC[C@H]2[C@@H](C1)C[C@@H]1C(=O)O[C@H](C)[C@H]1[C@@H]2/C=C/C1=CC=C(c2cccc(F)c2)C2C(C)C12. The van der Waals surface area contributed by atoms with Crippen LogP contribution in [0, 0.1) is 53.2 Å². The Morgan fingerprint density at radius 2 is 2.03 bits per heavy atom. The van der Waals surface area contributed by atoms with E-state index in [0.29, 0.717) is 36.2 Å². The summed E-state index contributed by atoms with van der Waals surface area (Å²) in [5, 5.41) is 3.03. The Bertz CT molecular complexity index is 1200. The van der Waals surface area contributed by atoms with Gasteiger partial charge in [0.15, 0.2) is 0 Å². The van der Waals surface area contributed by atoms with Gasteiger partial charge in [0, 0.05) is 12.0 Å². The van der Waals surface area contributed by atoms with Crippen LogP contribution in [0.4, 0.5) is 9.18 Å². The highest BCUT2D eigenvalue weighted by Crippen LogP contribution is 2.60. The molecule has 4 fully saturated rings. The second-order valence-corrected chi connectivity index (χ2v) is 12.0. The number of ether oxygens (including phenoxy) is 2. The molecular formula is C32H38FNO4. The summed E-state index contributed by atoms with van der Waals surface area (Å²) in [6.07, 6.45) is 12.3. The van der Waals surface area contributed by atoms with Crippen molar-refractivity contribution in [2.24, 2.45) is 47.3 Å². The first-order valence-corrected chi connectivity index (χ1v) is 14.3. The van der Waals surface area contributed by atoms with Crippen LogP contribution in [-0.2, 0) is 14.3 Å². The summed E-state index contributed by atoms with van der Waals surface area (Å²) in [6.45, 7) is 6.50. The van der Waals surface area contributed by atoms with Crippen LogP contribution in [-0.4, -0.2) is 30.8 Å².